The second kappa shape index (κ2) is 9.44. The zero-order chi connectivity index (χ0) is 19.9. The Morgan fingerprint density at radius 2 is 1.69 bits per heavy atom. The van der Waals surface area contributed by atoms with Crippen LogP contribution < -0.4 is 10.0 Å². The molecule has 9 heteroatoms. The second-order valence-corrected chi connectivity index (χ2v) is 8.08. The summed E-state index contributed by atoms with van der Waals surface area (Å²) in [5.74, 6) is -1.76. The quantitative estimate of drug-likeness (QED) is 0.519. The molecule has 0 fully saturated rings. The summed E-state index contributed by atoms with van der Waals surface area (Å²) in [6.45, 7) is 4.89. The molecular weight excluding hydrogens is 360 g/mol. The van der Waals surface area contributed by atoms with Gasteiger partial charge in [-0.3, -0.25) is 9.59 Å². The topological polar surface area (TPSA) is 130 Å². The van der Waals surface area contributed by atoms with E-state index in [2.05, 4.69) is 10.0 Å². The molecule has 0 unspecified atom stereocenters. The maximum atomic E-state index is 12.1. The van der Waals surface area contributed by atoms with Crippen molar-refractivity contribution < 1.29 is 27.9 Å². The molecule has 0 aliphatic heterocycles. The van der Waals surface area contributed by atoms with Crippen LogP contribution in [-0.4, -0.2) is 43.8 Å². The van der Waals surface area contributed by atoms with E-state index in [-0.39, 0.29) is 36.0 Å². The number of carbonyl (C=O) groups excluding carboxylic acids is 2. The Labute approximate surface area is 153 Å². The van der Waals surface area contributed by atoms with Crippen molar-refractivity contribution in [3.05, 3.63) is 29.8 Å². The van der Waals surface area contributed by atoms with Crippen molar-refractivity contribution in [1.82, 2.24) is 10.0 Å². The summed E-state index contributed by atoms with van der Waals surface area (Å²) in [5.41, 5.74) is 0.396. The third-order valence-electron chi connectivity index (χ3n) is 3.56. The number of carboxylic acid groups (broad SMARTS) is 1. The lowest BCUT2D eigenvalue weighted by molar-refractivity contribution is -0.142. The van der Waals surface area contributed by atoms with Gasteiger partial charge in [0.05, 0.1) is 4.90 Å². The number of Topliss-reactive ketones (excluding diaryl/α,β-unsaturated/α-hetero) is 1. The number of nitrogens with one attached hydrogen (secondary N) is 2. The van der Waals surface area contributed by atoms with E-state index in [0.717, 1.165) is 0 Å². The van der Waals surface area contributed by atoms with Crippen LogP contribution in [0.4, 0.5) is 0 Å². The van der Waals surface area contributed by atoms with Gasteiger partial charge in [0.2, 0.25) is 15.9 Å². The second-order valence-electron chi connectivity index (χ2n) is 6.32. The third kappa shape index (κ3) is 6.93. The van der Waals surface area contributed by atoms with Gasteiger partial charge in [-0.05, 0) is 31.4 Å². The average molecular weight is 384 g/mol. The van der Waals surface area contributed by atoms with Gasteiger partial charge in [-0.15, -0.1) is 0 Å². The summed E-state index contributed by atoms with van der Waals surface area (Å²) in [6, 6.07) is 4.43. The summed E-state index contributed by atoms with van der Waals surface area (Å²) < 4.78 is 26.6. The lowest BCUT2D eigenvalue weighted by atomic mass is 10.0. The number of amides is 1. The normalized spacial score (nSPS) is 12.6. The Morgan fingerprint density at radius 3 is 2.15 bits per heavy atom. The molecule has 1 atom stereocenters. The zero-order valence-electron chi connectivity index (χ0n) is 15.0. The first-order chi connectivity index (χ1) is 12.0. The monoisotopic (exact) mass is 384 g/mol. The minimum Gasteiger partial charge on any atom is -0.480 e. The Kier molecular flexibility index (Phi) is 7.91. The van der Waals surface area contributed by atoms with Crippen molar-refractivity contribution >= 4 is 27.7 Å². The zero-order valence-corrected chi connectivity index (χ0v) is 15.8. The first kappa shape index (κ1) is 21.8. The number of carbonyl (C=O) groups is 3. The number of hydrogen-bond acceptors (Lipinski definition) is 5. The minimum absolute atomic E-state index is 0.0221. The fourth-order valence-electron chi connectivity index (χ4n) is 2.21. The fourth-order valence-corrected chi connectivity index (χ4v) is 3.24. The Hall–Kier alpha value is -2.26. The van der Waals surface area contributed by atoms with Crippen molar-refractivity contribution in [2.24, 2.45) is 5.92 Å². The lowest BCUT2D eigenvalue weighted by Crippen LogP contribution is -2.42. The summed E-state index contributed by atoms with van der Waals surface area (Å²) in [6.07, 6.45) is 0.0991. The van der Waals surface area contributed by atoms with Gasteiger partial charge >= 0.3 is 5.97 Å². The number of hydrogen-bond donors (Lipinski definition) is 3. The van der Waals surface area contributed by atoms with Crippen molar-refractivity contribution in [2.75, 3.05) is 6.54 Å². The van der Waals surface area contributed by atoms with Crippen molar-refractivity contribution in [2.45, 2.75) is 44.6 Å². The van der Waals surface area contributed by atoms with Crippen LogP contribution in [0.1, 0.15) is 44.0 Å². The molecule has 1 aromatic rings. The standard InChI is InChI=1S/C17H24N2O6S/c1-11(2)10-15(17(22)23)19-16(21)8-9-18-26(24,25)14-6-4-13(5-7-14)12(3)20/h4-7,11,15,18H,8-10H2,1-3H3,(H,19,21)(H,22,23)/t15-/m1/s1. The molecule has 1 amide bonds. The van der Waals surface area contributed by atoms with Gasteiger partial charge in [0.25, 0.3) is 0 Å². The van der Waals surface area contributed by atoms with E-state index < -0.39 is 27.9 Å². The van der Waals surface area contributed by atoms with Gasteiger partial charge < -0.3 is 10.4 Å². The van der Waals surface area contributed by atoms with Gasteiger partial charge in [-0.1, -0.05) is 26.0 Å². The Balaban J connectivity index is 2.58. The molecule has 0 saturated heterocycles. The van der Waals surface area contributed by atoms with Crippen molar-refractivity contribution in [1.29, 1.82) is 0 Å². The predicted molar refractivity (Wildman–Crippen MR) is 95.3 cm³/mol. The largest absolute Gasteiger partial charge is 0.480 e. The maximum Gasteiger partial charge on any atom is 0.326 e. The van der Waals surface area contributed by atoms with Gasteiger partial charge in [-0.25, -0.2) is 17.9 Å². The van der Waals surface area contributed by atoms with E-state index in [4.69, 9.17) is 5.11 Å². The summed E-state index contributed by atoms with van der Waals surface area (Å²) in [5, 5.41) is 11.5. The highest BCUT2D eigenvalue weighted by Gasteiger charge is 2.21. The molecule has 144 valence electrons. The van der Waals surface area contributed by atoms with Gasteiger partial charge in [0.1, 0.15) is 6.04 Å². The van der Waals surface area contributed by atoms with Crippen LogP contribution in [-0.2, 0) is 19.6 Å². The van der Waals surface area contributed by atoms with E-state index in [1.807, 2.05) is 13.8 Å². The van der Waals surface area contributed by atoms with Gasteiger partial charge in [0, 0.05) is 18.5 Å². The summed E-state index contributed by atoms with van der Waals surface area (Å²) >= 11 is 0. The average Bonchev–Trinajstić information content (AvgIpc) is 2.53. The summed E-state index contributed by atoms with van der Waals surface area (Å²) in [7, 11) is -3.82. The van der Waals surface area contributed by atoms with Crippen molar-refractivity contribution in [3.8, 4) is 0 Å². The molecule has 0 spiro atoms. The highest BCUT2D eigenvalue weighted by molar-refractivity contribution is 7.89. The number of aliphatic carboxylic acids is 1. The minimum atomic E-state index is -3.82. The first-order valence-electron chi connectivity index (χ1n) is 8.15. The molecule has 3 N–H and O–H groups in total. The smallest absolute Gasteiger partial charge is 0.326 e. The molecule has 0 aromatic heterocycles. The number of ketones is 1. The van der Waals surface area contributed by atoms with Crippen LogP contribution in [0, 0.1) is 5.92 Å². The van der Waals surface area contributed by atoms with Gasteiger partial charge in [-0.2, -0.15) is 0 Å². The molecular formula is C17H24N2O6S. The number of benzene rings is 1. The fraction of sp³-hybridized carbons (Fsp3) is 0.471. The lowest BCUT2D eigenvalue weighted by Gasteiger charge is -2.16. The summed E-state index contributed by atoms with van der Waals surface area (Å²) in [4.78, 5) is 34.1. The first-order valence-corrected chi connectivity index (χ1v) is 9.64. The van der Waals surface area contributed by atoms with Crippen LogP contribution in [0.3, 0.4) is 0 Å². The molecule has 26 heavy (non-hydrogen) atoms. The molecule has 0 aliphatic rings. The molecule has 0 aliphatic carbocycles. The number of sulfonamides is 1. The molecule has 8 nitrogen and oxygen atoms in total. The molecule has 0 bridgehead atoms. The molecule has 0 heterocycles. The molecule has 1 aromatic carbocycles. The number of rotatable bonds is 10. The highest BCUT2D eigenvalue weighted by Crippen LogP contribution is 2.11. The van der Waals surface area contributed by atoms with E-state index in [0.29, 0.717) is 5.56 Å². The molecule has 0 radical (unpaired) electrons. The Bertz CT molecular complexity index is 756. The predicted octanol–water partition coefficient (Wildman–Crippen LogP) is 1.17. The van der Waals surface area contributed by atoms with Crippen LogP contribution in [0.2, 0.25) is 0 Å². The highest BCUT2D eigenvalue weighted by atomic mass is 32.2. The van der Waals surface area contributed by atoms with Gasteiger partial charge in [0.15, 0.2) is 5.78 Å². The van der Waals surface area contributed by atoms with Crippen LogP contribution in [0.5, 0.6) is 0 Å². The molecule has 0 saturated carbocycles. The third-order valence-corrected chi connectivity index (χ3v) is 5.03. The van der Waals surface area contributed by atoms with Crippen molar-refractivity contribution in [3.63, 3.8) is 0 Å². The van der Waals surface area contributed by atoms with Crippen LogP contribution in [0.15, 0.2) is 29.2 Å². The molecule has 1 rings (SSSR count). The van der Waals surface area contributed by atoms with E-state index in [9.17, 15) is 22.8 Å². The van der Waals surface area contributed by atoms with E-state index in [1.165, 1.54) is 31.2 Å². The SMILES string of the molecule is CC(=O)c1ccc(S(=O)(=O)NCCC(=O)N[C@H](CC(C)C)C(=O)O)cc1. The number of carboxylic acids is 1. The maximum absolute atomic E-state index is 12.1. The van der Waals surface area contributed by atoms with Crippen LogP contribution in [0.25, 0.3) is 0 Å². The van der Waals surface area contributed by atoms with Crippen LogP contribution >= 0.6 is 0 Å². The van der Waals surface area contributed by atoms with E-state index >= 15 is 0 Å². The van der Waals surface area contributed by atoms with E-state index in [1.54, 1.807) is 0 Å². The Morgan fingerprint density at radius 1 is 1.12 bits per heavy atom.